The summed E-state index contributed by atoms with van der Waals surface area (Å²) in [5, 5.41) is 11.4. The topological polar surface area (TPSA) is 64.1 Å². The minimum absolute atomic E-state index is 0.142. The summed E-state index contributed by atoms with van der Waals surface area (Å²) >= 11 is 10.6. The van der Waals surface area contributed by atoms with Crippen LogP contribution in [0.4, 0.5) is 5.69 Å². The Kier molecular flexibility index (Phi) is 7.86. The minimum atomic E-state index is -0.320. The largest absolute Gasteiger partial charge is 0.495 e. The molecule has 1 N–H and O–H groups in total. The SMILES string of the molecule is COc1ccc(Cl)cc1NC(=O)[C@H](C)Sc1nnc(SCC(C)C)s1. The van der Waals surface area contributed by atoms with E-state index in [1.807, 2.05) is 6.92 Å². The van der Waals surface area contributed by atoms with Crippen molar-refractivity contribution in [3.63, 3.8) is 0 Å². The van der Waals surface area contributed by atoms with Crippen molar-refractivity contribution < 1.29 is 9.53 Å². The van der Waals surface area contributed by atoms with Crippen molar-refractivity contribution in [3.05, 3.63) is 23.2 Å². The van der Waals surface area contributed by atoms with E-state index in [4.69, 9.17) is 16.3 Å². The van der Waals surface area contributed by atoms with Crippen LogP contribution in [0.5, 0.6) is 5.75 Å². The number of nitrogens with one attached hydrogen (secondary N) is 1. The molecule has 2 aromatic rings. The van der Waals surface area contributed by atoms with Crippen molar-refractivity contribution in [2.24, 2.45) is 5.92 Å². The van der Waals surface area contributed by atoms with Crippen LogP contribution in [-0.2, 0) is 4.79 Å². The monoisotopic (exact) mass is 417 g/mol. The number of halogens is 1. The molecule has 9 heteroatoms. The van der Waals surface area contributed by atoms with Crippen LogP contribution in [0.3, 0.4) is 0 Å². The van der Waals surface area contributed by atoms with Crippen LogP contribution in [0.15, 0.2) is 26.9 Å². The van der Waals surface area contributed by atoms with Crippen LogP contribution in [0.25, 0.3) is 0 Å². The molecule has 1 atom stereocenters. The maximum Gasteiger partial charge on any atom is 0.237 e. The molecule has 0 saturated heterocycles. The Balaban J connectivity index is 1.95. The Labute approximate surface area is 165 Å². The first-order valence-corrected chi connectivity index (χ1v) is 10.7. The summed E-state index contributed by atoms with van der Waals surface area (Å²) in [5.41, 5.74) is 0.554. The zero-order valence-electron chi connectivity index (χ0n) is 14.4. The third-order valence-electron chi connectivity index (χ3n) is 2.99. The molecule has 0 saturated carbocycles. The molecule has 1 aromatic heterocycles. The number of carbonyl (C=O) groups excluding carboxylic acids is 1. The van der Waals surface area contributed by atoms with Crippen molar-refractivity contribution in [2.45, 2.75) is 34.7 Å². The van der Waals surface area contributed by atoms with Crippen molar-refractivity contribution in [2.75, 3.05) is 18.2 Å². The van der Waals surface area contributed by atoms with Crippen molar-refractivity contribution in [1.29, 1.82) is 0 Å². The highest BCUT2D eigenvalue weighted by molar-refractivity contribution is 8.03. The number of rotatable bonds is 8. The maximum absolute atomic E-state index is 12.4. The van der Waals surface area contributed by atoms with Crippen molar-refractivity contribution in [1.82, 2.24) is 10.2 Å². The van der Waals surface area contributed by atoms with Crippen molar-refractivity contribution >= 4 is 58.1 Å². The van der Waals surface area contributed by atoms with E-state index in [0.29, 0.717) is 22.4 Å². The molecule has 25 heavy (non-hydrogen) atoms. The highest BCUT2D eigenvalue weighted by atomic mass is 35.5. The molecule has 0 fully saturated rings. The van der Waals surface area contributed by atoms with Crippen LogP contribution in [0, 0.1) is 5.92 Å². The third-order valence-corrected chi connectivity index (χ3v) is 6.90. The lowest BCUT2D eigenvalue weighted by Crippen LogP contribution is -2.22. The number of aromatic nitrogens is 2. The van der Waals surface area contributed by atoms with Gasteiger partial charge in [0.1, 0.15) is 5.75 Å². The number of nitrogens with zero attached hydrogens (tertiary/aromatic N) is 2. The number of anilines is 1. The van der Waals surface area contributed by atoms with Crippen LogP contribution in [-0.4, -0.2) is 34.2 Å². The average Bonchev–Trinajstić information content (AvgIpc) is 3.00. The van der Waals surface area contributed by atoms with Gasteiger partial charge in [0.05, 0.1) is 18.0 Å². The van der Waals surface area contributed by atoms with Gasteiger partial charge in [-0.15, -0.1) is 10.2 Å². The number of carbonyl (C=O) groups is 1. The van der Waals surface area contributed by atoms with Gasteiger partial charge < -0.3 is 10.1 Å². The summed E-state index contributed by atoms with van der Waals surface area (Å²) in [6, 6.07) is 5.10. The summed E-state index contributed by atoms with van der Waals surface area (Å²) in [4.78, 5) is 12.4. The van der Waals surface area contributed by atoms with E-state index in [1.54, 1.807) is 37.1 Å². The summed E-state index contributed by atoms with van der Waals surface area (Å²) < 4.78 is 6.96. The van der Waals surface area contributed by atoms with Gasteiger partial charge in [-0.3, -0.25) is 4.79 Å². The molecular formula is C16H20ClN3O2S3. The highest BCUT2D eigenvalue weighted by Crippen LogP contribution is 2.33. The number of amides is 1. The molecule has 1 amide bonds. The van der Waals surface area contributed by atoms with Crippen molar-refractivity contribution in [3.8, 4) is 5.75 Å². The fraction of sp³-hybridized carbons (Fsp3) is 0.438. The molecule has 1 heterocycles. The van der Waals surface area contributed by atoms with Gasteiger partial charge in [-0.05, 0) is 31.0 Å². The predicted molar refractivity (Wildman–Crippen MR) is 107 cm³/mol. The van der Waals surface area contributed by atoms with Crippen LogP contribution < -0.4 is 10.1 Å². The van der Waals surface area contributed by atoms with E-state index in [0.717, 1.165) is 14.4 Å². The van der Waals surface area contributed by atoms with Crippen LogP contribution in [0.2, 0.25) is 5.02 Å². The van der Waals surface area contributed by atoms with E-state index in [9.17, 15) is 4.79 Å². The Morgan fingerprint density at radius 1 is 1.32 bits per heavy atom. The summed E-state index contributed by atoms with van der Waals surface area (Å²) in [7, 11) is 1.55. The summed E-state index contributed by atoms with van der Waals surface area (Å²) in [6.45, 7) is 6.17. The molecular weight excluding hydrogens is 398 g/mol. The fourth-order valence-corrected chi connectivity index (χ4v) is 5.07. The zero-order valence-corrected chi connectivity index (χ0v) is 17.6. The van der Waals surface area contributed by atoms with Crippen LogP contribution >= 0.6 is 46.5 Å². The molecule has 0 spiro atoms. The lowest BCUT2D eigenvalue weighted by molar-refractivity contribution is -0.115. The number of thioether (sulfide) groups is 2. The van der Waals surface area contributed by atoms with Gasteiger partial charge in [0.25, 0.3) is 0 Å². The van der Waals surface area contributed by atoms with Gasteiger partial charge in [0.15, 0.2) is 8.68 Å². The molecule has 0 aliphatic heterocycles. The molecule has 0 aliphatic rings. The lowest BCUT2D eigenvalue weighted by atomic mass is 10.3. The number of hydrogen-bond donors (Lipinski definition) is 1. The Morgan fingerprint density at radius 3 is 2.72 bits per heavy atom. The molecule has 0 radical (unpaired) electrons. The van der Waals surface area contributed by atoms with E-state index in [-0.39, 0.29) is 11.2 Å². The third kappa shape index (κ3) is 6.36. The van der Waals surface area contributed by atoms with E-state index in [2.05, 4.69) is 29.4 Å². The van der Waals surface area contributed by atoms with Gasteiger partial charge in [-0.2, -0.15) is 0 Å². The predicted octanol–water partition coefficient (Wildman–Crippen LogP) is 5.07. The Bertz CT molecular complexity index is 724. The maximum atomic E-state index is 12.4. The highest BCUT2D eigenvalue weighted by Gasteiger charge is 2.19. The van der Waals surface area contributed by atoms with Gasteiger partial charge in [0.2, 0.25) is 5.91 Å². The first kappa shape index (κ1) is 20.4. The minimum Gasteiger partial charge on any atom is -0.495 e. The number of hydrogen-bond acceptors (Lipinski definition) is 7. The van der Waals surface area contributed by atoms with Crippen LogP contribution in [0.1, 0.15) is 20.8 Å². The van der Waals surface area contributed by atoms with E-state index in [1.165, 1.54) is 23.1 Å². The van der Waals surface area contributed by atoms with Gasteiger partial charge in [-0.1, -0.05) is 60.3 Å². The summed E-state index contributed by atoms with van der Waals surface area (Å²) in [6.07, 6.45) is 0. The average molecular weight is 418 g/mol. The molecule has 0 unspecified atom stereocenters. The number of benzene rings is 1. The molecule has 2 rings (SSSR count). The van der Waals surface area contributed by atoms with E-state index >= 15 is 0 Å². The second kappa shape index (κ2) is 9.66. The molecule has 0 bridgehead atoms. The molecule has 1 aromatic carbocycles. The second-order valence-electron chi connectivity index (χ2n) is 5.63. The van der Waals surface area contributed by atoms with E-state index < -0.39 is 0 Å². The smallest absolute Gasteiger partial charge is 0.237 e. The lowest BCUT2D eigenvalue weighted by Gasteiger charge is -2.13. The first-order chi connectivity index (χ1) is 11.9. The normalized spacial score (nSPS) is 12.2. The number of ether oxygens (including phenoxy) is 1. The van der Waals surface area contributed by atoms with Gasteiger partial charge in [-0.25, -0.2) is 0 Å². The number of methoxy groups -OCH3 is 1. The zero-order chi connectivity index (χ0) is 18.4. The Morgan fingerprint density at radius 2 is 2.04 bits per heavy atom. The summed E-state index contributed by atoms with van der Waals surface area (Å²) in [5.74, 6) is 2.03. The Hall–Kier alpha value is -0.960. The standard InChI is InChI=1S/C16H20ClN3O2S3/c1-9(2)8-23-15-19-20-16(25-15)24-10(3)14(21)18-12-7-11(17)5-6-13(12)22-4/h5-7,9-10H,8H2,1-4H3,(H,18,21)/t10-/m0/s1. The van der Waals surface area contributed by atoms with Gasteiger partial charge in [0, 0.05) is 10.8 Å². The van der Waals surface area contributed by atoms with Gasteiger partial charge >= 0.3 is 0 Å². The second-order valence-corrected chi connectivity index (χ2v) is 9.90. The molecule has 0 aliphatic carbocycles. The fourth-order valence-electron chi connectivity index (χ4n) is 1.76. The molecule has 5 nitrogen and oxygen atoms in total. The quantitative estimate of drug-likeness (QED) is 0.605. The molecule has 136 valence electrons. The first-order valence-electron chi connectivity index (χ1n) is 7.66.